The third-order valence-corrected chi connectivity index (χ3v) is 4.74. The van der Waals surface area contributed by atoms with Crippen molar-refractivity contribution in [1.82, 2.24) is 25.1 Å². The molecule has 3 rings (SSSR count). The van der Waals surface area contributed by atoms with E-state index in [-0.39, 0.29) is 5.91 Å². The molecule has 7 nitrogen and oxygen atoms in total. The number of methoxy groups -OCH3 is 1. The molecule has 1 aliphatic heterocycles. The SMILES string of the molecule is COc1ccc(C(=O)N2CCC[C@@H]2CCC(C)C)cc1-n1cnnn1. The fourth-order valence-electron chi connectivity index (χ4n) is 3.37. The van der Waals surface area contributed by atoms with Crippen LogP contribution in [0.5, 0.6) is 5.75 Å². The largest absolute Gasteiger partial charge is 0.494 e. The lowest BCUT2D eigenvalue weighted by atomic mass is 10.0. The number of hydrogen-bond acceptors (Lipinski definition) is 5. The first kappa shape index (κ1) is 17.4. The van der Waals surface area contributed by atoms with Crippen LogP contribution in [0.25, 0.3) is 5.69 Å². The summed E-state index contributed by atoms with van der Waals surface area (Å²) >= 11 is 0. The maximum atomic E-state index is 13.0. The molecule has 134 valence electrons. The van der Waals surface area contributed by atoms with Gasteiger partial charge in [0.1, 0.15) is 17.8 Å². The van der Waals surface area contributed by atoms with Crippen LogP contribution in [0, 0.1) is 5.92 Å². The van der Waals surface area contributed by atoms with Crippen LogP contribution < -0.4 is 4.74 Å². The summed E-state index contributed by atoms with van der Waals surface area (Å²) in [5.41, 5.74) is 1.30. The van der Waals surface area contributed by atoms with Crippen LogP contribution in [0.3, 0.4) is 0 Å². The van der Waals surface area contributed by atoms with Gasteiger partial charge in [-0.05, 0) is 60.2 Å². The predicted molar refractivity (Wildman–Crippen MR) is 93.8 cm³/mol. The third kappa shape index (κ3) is 3.81. The zero-order valence-corrected chi connectivity index (χ0v) is 15.1. The Morgan fingerprint density at radius 2 is 2.24 bits per heavy atom. The summed E-state index contributed by atoms with van der Waals surface area (Å²) < 4.78 is 6.88. The molecule has 0 saturated carbocycles. The number of carbonyl (C=O) groups is 1. The lowest BCUT2D eigenvalue weighted by Gasteiger charge is -2.25. The maximum Gasteiger partial charge on any atom is 0.254 e. The monoisotopic (exact) mass is 343 g/mol. The maximum absolute atomic E-state index is 13.0. The van der Waals surface area contributed by atoms with Gasteiger partial charge >= 0.3 is 0 Å². The van der Waals surface area contributed by atoms with Gasteiger partial charge in [-0.25, -0.2) is 0 Å². The normalized spacial score (nSPS) is 17.3. The van der Waals surface area contributed by atoms with Crippen LogP contribution in [-0.4, -0.2) is 50.7 Å². The Morgan fingerprint density at radius 3 is 2.92 bits per heavy atom. The van der Waals surface area contributed by atoms with Crippen molar-refractivity contribution in [3.63, 3.8) is 0 Å². The Bertz CT molecular complexity index is 714. The van der Waals surface area contributed by atoms with Gasteiger partial charge < -0.3 is 9.64 Å². The summed E-state index contributed by atoms with van der Waals surface area (Å²) in [6, 6.07) is 5.75. The Labute approximate surface area is 148 Å². The minimum absolute atomic E-state index is 0.0724. The standard InChI is InChI=1S/C18H25N5O2/c1-13(2)6-8-15-5-4-10-22(15)18(24)14-7-9-17(25-3)16(11-14)23-12-19-20-21-23/h7,9,11-13,15H,4-6,8,10H2,1-3H3/t15-/m1/s1. The second-order valence-corrected chi connectivity index (χ2v) is 6.91. The number of amides is 1. The molecule has 0 unspecified atom stereocenters. The van der Waals surface area contributed by atoms with Crippen molar-refractivity contribution in [3.05, 3.63) is 30.1 Å². The highest BCUT2D eigenvalue weighted by molar-refractivity contribution is 5.95. The molecule has 7 heteroatoms. The number of rotatable bonds is 6. The molecule has 1 aromatic carbocycles. The van der Waals surface area contributed by atoms with Gasteiger partial charge in [-0.2, -0.15) is 4.68 Å². The molecule has 1 atom stereocenters. The topological polar surface area (TPSA) is 73.1 Å². The van der Waals surface area contributed by atoms with Crippen molar-refractivity contribution in [3.8, 4) is 11.4 Å². The zero-order chi connectivity index (χ0) is 17.8. The van der Waals surface area contributed by atoms with Gasteiger partial charge in [0.25, 0.3) is 5.91 Å². The van der Waals surface area contributed by atoms with E-state index in [1.54, 1.807) is 19.2 Å². The van der Waals surface area contributed by atoms with E-state index < -0.39 is 0 Å². The zero-order valence-electron chi connectivity index (χ0n) is 15.1. The lowest BCUT2D eigenvalue weighted by Crippen LogP contribution is -2.35. The number of nitrogens with zero attached hydrogens (tertiary/aromatic N) is 5. The molecule has 1 aromatic heterocycles. The summed E-state index contributed by atoms with van der Waals surface area (Å²) in [5, 5.41) is 11.2. The average Bonchev–Trinajstić information content (AvgIpc) is 3.30. The van der Waals surface area contributed by atoms with Crippen LogP contribution in [0.1, 0.15) is 49.9 Å². The van der Waals surface area contributed by atoms with Crippen molar-refractivity contribution in [1.29, 1.82) is 0 Å². The van der Waals surface area contributed by atoms with Gasteiger partial charge in [0.05, 0.1) is 7.11 Å². The predicted octanol–water partition coefficient (Wildman–Crippen LogP) is 2.71. The van der Waals surface area contributed by atoms with Crippen molar-refractivity contribution < 1.29 is 9.53 Å². The van der Waals surface area contributed by atoms with Crippen molar-refractivity contribution in [2.75, 3.05) is 13.7 Å². The van der Waals surface area contributed by atoms with E-state index in [2.05, 4.69) is 29.4 Å². The molecular formula is C18H25N5O2. The first-order chi connectivity index (χ1) is 12.1. The summed E-state index contributed by atoms with van der Waals surface area (Å²) in [5.74, 6) is 1.36. The third-order valence-electron chi connectivity index (χ3n) is 4.74. The van der Waals surface area contributed by atoms with Gasteiger partial charge in [0.15, 0.2) is 0 Å². The van der Waals surface area contributed by atoms with Crippen LogP contribution >= 0.6 is 0 Å². The fourth-order valence-corrected chi connectivity index (χ4v) is 3.37. The molecule has 1 fully saturated rings. The van der Waals surface area contributed by atoms with E-state index in [0.29, 0.717) is 29.0 Å². The number of hydrogen-bond donors (Lipinski definition) is 0. The molecule has 1 saturated heterocycles. The highest BCUT2D eigenvalue weighted by Crippen LogP contribution is 2.28. The molecule has 2 heterocycles. The Kier molecular flexibility index (Phi) is 5.31. The smallest absolute Gasteiger partial charge is 0.254 e. The van der Waals surface area contributed by atoms with E-state index in [1.165, 1.54) is 11.0 Å². The molecule has 0 aliphatic carbocycles. The summed E-state index contributed by atoms with van der Waals surface area (Å²) in [4.78, 5) is 15.1. The van der Waals surface area contributed by atoms with Gasteiger partial charge in [0, 0.05) is 18.2 Å². The molecule has 0 spiro atoms. The lowest BCUT2D eigenvalue weighted by molar-refractivity contribution is 0.0726. The number of likely N-dealkylation sites (tertiary alicyclic amines) is 1. The number of benzene rings is 1. The van der Waals surface area contributed by atoms with Crippen LogP contribution in [-0.2, 0) is 0 Å². The summed E-state index contributed by atoms with van der Waals surface area (Å²) in [7, 11) is 1.59. The van der Waals surface area contributed by atoms with Crippen LogP contribution in [0.4, 0.5) is 0 Å². The molecule has 1 aliphatic rings. The molecule has 25 heavy (non-hydrogen) atoms. The number of tetrazole rings is 1. The molecule has 0 bridgehead atoms. The van der Waals surface area contributed by atoms with E-state index in [0.717, 1.165) is 32.2 Å². The highest BCUT2D eigenvalue weighted by atomic mass is 16.5. The summed E-state index contributed by atoms with van der Waals surface area (Å²) in [6.45, 7) is 5.28. The summed E-state index contributed by atoms with van der Waals surface area (Å²) in [6.07, 6.45) is 5.87. The number of aromatic nitrogens is 4. The number of carbonyl (C=O) groups excluding carboxylic acids is 1. The number of ether oxygens (including phenoxy) is 1. The van der Waals surface area contributed by atoms with Crippen LogP contribution in [0.15, 0.2) is 24.5 Å². The minimum Gasteiger partial charge on any atom is -0.494 e. The minimum atomic E-state index is 0.0724. The Morgan fingerprint density at radius 1 is 1.40 bits per heavy atom. The molecule has 1 amide bonds. The average molecular weight is 343 g/mol. The van der Waals surface area contributed by atoms with Gasteiger partial charge in [-0.3, -0.25) is 4.79 Å². The van der Waals surface area contributed by atoms with E-state index in [1.807, 2.05) is 11.0 Å². The van der Waals surface area contributed by atoms with E-state index in [9.17, 15) is 4.79 Å². The Balaban J connectivity index is 1.83. The Hall–Kier alpha value is -2.44. The molecular weight excluding hydrogens is 318 g/mol. The molecule has 2 aromatic rings. The van der Waals surface area contributed by atoms with Gasteiger partial charge in [-0.1, -0.05) is 13.8 Å². The fraction of sp³-hybridized carbons (Fsp3) is 0.556. The van der Waals surface area contributed by atoms with Gasteiger partial charge in [0.2, 0.25) is 0 Å². The first-order valence-electron chi connectivity index (χ1n) is 8.82. The quantitative estimate of drug-likeness (QED) is 0.806. The highest BCUT2D eigenvalue weighted by Gasteiger charge is 2.29. The molecule has 0 N–H and O–H groups in total. The van der Waals surface area contributed by atoms with E-state index in [4.69, 9.17) is 4.74 Å². The van der Waals surface area contributed by atoms with Crippen molar-refractivity contribution in [2.45, 2.75) is 45.6 Å². The molecule has 0 radical (unpaired) electrons. The van der Waals surface area contributed by atoms with E-state index >= 15 is 0 Å². The van der Waals surface area contributed by atoms with Crippen molar-refractivity contribution in [2.24, 2.45) is 5.92 Å². The van der Waals surface area contributed by atoms with Gasteiger partial charge in [-0.15, -0.1) is 5.10 Å². The van der Waals surface area contributed by atoms with Crippen LogP contribution in [0.2, 0.25) is 0 Å². The second kappa shape index (κ2) is 7.63. The second-order valence-electron chi connectivity index (χ2n) is 6.91. The first-order valence-corrected chi connectivity index (χ1v) is 8.82. The van der Waals surface area contributed by atoms with Crippen molar-refractivity contribution >= 4 is 5.91 Å².